The van der Waals surface area contributed by atoms with E-state index in [4.69, 9.17) is 15.2 Å². The quantitative estimate of drug-likeness (QED) is 0.735. The van der Waals surface area contributed by atoms with E-state index in [2.05, 4.69) is 4.90 Å². The Kier molecular flexibility index (Phi) is 6.79. The molecule has 2 aromatic rings. The van der Waals surface area contributed by atoms with Crippen LogP contribution in [0.25, 0.3) is 0 Å². The highest BCUT2D eigenvalue weighted by molar-refractivity contribution is 5.75. The molecule has 1 atom stereocenters. The van der Waals surface area contributed by atoms with Gasteiger partial charge in [-0.15, -0.1) is 0 Å². The number of rotatable bonds is 9. The van der Waals surface area contributed by atoms with Gasteiger partial charge in [-0.05, 0) is 36.6 Å². The standard InChI is InChI=1S/C21H25FN2O3/c22-18-9-7-16(8-10-18)12-24(14-19-5-3-11-26-19)13-17-4-1-2-6-20(17)27-15-21(23)25/h1-2,4,6-10,19H,3,5,11-15H2,(H2,23,25). The van der Waals surface area contributed by atoms with E-state index in [1.54, 1.807) is 12.1 Å². The summed E-state index contributed by atoms with van der Waals surface area (Å²) in [5, 5.41) is 0. The van der Waals surface area contributed by atoms with Gasteiger partial charge in [0.25, 0.3) is 5.91 Å². The molecule has 27 heavy (non-hydrogen) atoms. The summed E-state index contributed by atoms with van der Waals surface area (Å²) < 4.78 is 24.6. The van der Waals surface area contributed by atoms with E-state index in [0.29, 0.717) is 18.8 Å². The number of carbonyl (C=O) groups is 1. The fourth-order valence-corrected chi connectivity index (χ4v) is 3.27. The fourth-order valence-electron chi connectivity index (χ4n) is 3.27. The molecule has 1 amide bonds. The molecule has 144 valence electrons. The molecule has 5 nitrogen and oxygen atoms in total. The summed E-state index contributed by atoms with van der Waals surface area (Å²) in [5.74, 6) is -0.102. The number of primary amides is 1. The van der Waals surface area contributed by atoms with Gasteiger partial charge in [-0.3, -0.25) is 9.69 Å². The number of amides is 1. The summed E-state index contributed by atoms with van der Waals surface area (Å²) >= 11 is 0. The van der Waals surface area contributed by atoms with Crippen LogP contribution in [0.1, 0.15) is 24.0 Å². The minimum absolute atomic E-state index is 0.152. The van der Waals surface area contributed by atoms with E-state index in [-0.39, 0.29) is 18.5 Å². The summed E-state index contributed by atoms with van der Waals surface area (Å²) in [4.78, 5) is 13.3. The van der Waals surface area contributed by atoms with E-state index < -0.39 is 5.91 Å². The third-order valence-electron chi connectivity index (χ3n) is 4.54. The van der Waals surface area contributed by atoms with Crippen LogP contribution in [0.3, 0.4) is 0 Å². The second kappa shape index (κ2) is 9.48. The Morgan fingerprint density at radius 1 is 1.19 bits per heavy atom. The average molecular weight is 372 g/mol. The Bertz CT molecular complexity index is 745. The molecule has 0 aliphatic carbocycles. The van der Waals surface area contributed by atoms with Crippen LogP contribution in [0.5, 0.6) is 5.75 Å². The molecule has 1 aliphatic heterocycles. The van der Waals surface area contributed by atoms with Crippen molar-refractivity contribution < 1.29 is 18.7 Å². The van der Waals surface area contributed by atoms with Gasteiger partial charge in [0.05, 0.1) is 6.10 Å². The molecule has 3 rings (SSSR count). The molecule has 1 aliphatic rings. The van der Waals surface area contributed by atoms with Crippen molar-refractivity contribution in [1.82, 2.24) is 4.90 Å². The molecule has 0 radical (unpaired) electrons. The molecule has 6 heteroatoms. The predicted molar refractivity (Wildman–Crippen MR) is 101 cm³/mol. The molecular weight excluding hydrogens is 347 g/mol. The maximum Gasteiger partial charge on any atom is 0.255 e. The minimum atomic E-state index is -0.507. The summed E-state index contributed by atoms with van der Waals surface area (Å²) in [6.45, 7) is 2.73. The van der Waals surface area contributed by atoms with E-state index in [1.807, 2.05) is 24.3 Å². The van der Waals surface area contributed by atoms with E-state index in [9.17, 15) is 9.18 Å². The second-order valence-electron chi connectivity index (χ2n) is 6.79. The highest BCUT2D eigenvalue weighted by Crippen LogP contribution is 2.23. The molecule has 0 spiro atoms. The maximum absolute atomic E-state index is 13.2. The van der Waals surface area contributed by atoms with Crippen molar-refractivity contribution in [2.45, 2.75) is 32.0 Å². The summed E-state index contributed by atoms with van der Waals surface area (Å²) in [5.41, 5.74) is 7.20. The number of benzene rings is 2. The lowest BCUT2D eigenvalue weighted by atomic mass is 10.1. The molecule has 0 saturated carbocycles. The number of nitrogens with two attached hydrogens (primary N) is 1. The number of hydrogen-bond acceptors (Lipinski definition) is 4. The van der Waals surface area contributed by atoms with Crippen molar-refractivity contribution in [2.75, 3.05) is 19.8 Å². The topological polar surface area (TPSA) is 64.8 Å². The first-order valence-electron chi connectivity index (χ1n) is 9.17. The van der Waals surface area contributed by atoms with Crippen LogP contribution in [0.15, 0.2) is 48.5 Å². The van der Waals surface area contributed by atoms with Gasteiger partial charge in [0.2, 0.25) is 0 Å². The van der Waals surface area contributed by atoms with Crippen LogP contribution >= 0.6 is 0 Å². The zero-order chi connectivity index (χ0) is 19.1. The molecule has 0 aromatic heterocycles. The number of ether oxygens (including phenoxy) is 2. The molecule has 1 saturated heterocycles. The van der Waals surface area contributed by atoms with Crippen molar-refractivity contribution in [3.63, 3.8) is 0 Å². The van der Waals surface area contributed by atoms with Crippen LogP contribution < -0.4 is 10.5 Å². The zero-order valence-electron chi connectivity index (χ0n) is 15.3. The Morgan fingerprint density at radius 2 is 1.96 bits per heavy atom. The molecule has 1 fully saturated rings. The van der Waals surface area contributed by atoms with E-state index in [1.165, 1.54) is 12.1 Å². The fraction of sp³-hybridized carbons (Fsp3) is 0.381. The molecular formula is C21H25FN2O3. The van der Waals surface area contributed by atoms with Crippen molar-refractivity contribution in [3.05, 3.63) is 65.5 Å². The van der Waals surface area contributed by atoms with Gasteiger partial charge >= 0.3 is 0 Å². The third-order valence-corrected chi connectivity index (χ3v) is 4.54. The molecule has 1 heterocycles. The Balaban J connectivity index is 1.73. The van der Waals surface area contributed by atoms with Crippen LogP contribution in [0, 0.1) is 5.82 Å². The SMILES string of the molecule is NC(=O)COc1ccccc1CN(Cc1ccc(F)cc1)CC1CCCO1. The van der Waals surface area contributed by atoms with Crippen LogP contribution in [-0.4, -0.2) is 36.7 Å². The number of hydrogen-bond donors (Lipinski definition) is 1. The normalized spacial score (nSPS) is 16.6. The first-order valence-corrected chi connectivity index (χ1v) is 9.17. The Labute approximate surface area is 158 Å². The summed E-state index contributed by atoms with van der Waals surface area (Å²) in [6.07, 6.45) is 2.32. The second-order valence-corrected chi connectivity index (χ2v) is 6.79. The van der Waals surface area contributed by atoms with Gasteiger partial charge in [0.1, 0.15) is 11.6 Å². The first kappa shape index (κ1) is 19.3. The Hall–Kier alpha value is -2.44. The van der Waals surface area contributed by atoms with Crippen LogP contribution in [0.4, 0.5) is 4.39 Å². The van der Waals surface area contributed by atoms with Crippen molar-refractivity contribution in [2.24, 2.45) is 5.73 Å². The van der Waals surface area contributed by atoms with Crippen molar-refractivity contribution >= 4 is 5.91 Å². The van der Waals surface area contributed by atoms with Crippen LogP contribution in [-0.2, 0) is 22.6 Å². The molecule has 1 unspecified atom stereocenters. The number of halogens is 1. The van der Waals surface area contributed by atoms with Crippen molar-refractivity contribution in [1.29, 1.82) is 0 Å². The monoisotopic (exact) mass is 372 g/mol. The highest BCUT2D eigenvalue weighted by atomic mass is 19.1. The lowest BCUT2D eigenvalue weighted by Crippen LogP contribution is -2.31. The van der Waals surface area contributed by atoms with Gasteiger partial charge in [-0.25, -0.2) is 4.39 Å². The number of para-hydroxylation sites is 1. The average Bonchev–Trinajstić information content (AvgIpc) is 3.16. The van der Waals surface area contributed by atoms with E-state index >= 15 is 0 Å². The lowest BCUT2D eigenvalue weighted by Gasteiger charge is -2.26. The lowest BCUT2D eigenvalue weighted by molar-refractivity contribution is -0.119. The Morgan fingerprint density at radius 3 is 2.67 bits per heavy atom. The van der Waals surface area contributed by atoms with Gasteiger partial charge in [0, 0.05) is 31.8 Å². The maximum atomic E-state index is 13.2. The molecule has 2 aromatic carbocycles. The smallest absolute Gasteiger partial charge is 0.255 e. The minimum Gasteiger partial charge on any atom is -0.483 e. The van der Waals surface area contributed by atoms with Crippen molar-refractivity contribution in [3.8, 4) is 5.75 Å². The van der Waals surface area contributed by atoms with E-state index in [0.717, 1.165) is 37.1 Å². The van der Waals surface area contributed by atoms with Gasteiger partial charge in [-0.1, -0.05) is 30.3 Å². The first-order chi connectivity index (χ1) is 13.1. The largest absolute Gasteiger partial charge is 0.483 e. The predicted octanol–water partition coefficient (Wildman–Crippen LogP) is 2.87. The third kappa shape index (κ3) is 6.05. The van der Waals surface area contributed by atoms with Gasteiger partial charge in [-0.2, -0.15) is 0 Å². The highest BCUT2D eigenvalue weighted by Gasteiger charge is 2.20. The summed E-state index contributed by atoms with van der Waals surface area (Å²) in [7, 11) is 0. The van der Waals surface area contributed by atoms with Gasteiger partial charge in [0.15, 0.2) is 6.61 Å². The number of nitrogens with zero attached hydrogens (tertiary/aromatic N) is 1. The van der Waals surface area contributed by atoms with Gasteiger partial charge < -0.3 is 15.2 Å². The molecule has 2 N–H and O–H groups in total. The zero-order valence-corrected chi connectivity index (χ0v) is 15.3. The number of carbonyl (C=O) groups excluding carboxylic acids is 1. The van der Waals surface area contributed by atoms with Crippen LogP contribution in [0.2, 0.25) is 0 Å². The summed E-state index contributed by atoms with van der Waals surface area (Å²) in [6, 6.07) is 14.2. The molecule has 0 bridgehead atoms.